The number of rotatable bonds is 7. The van der Waals surface area contributed by atoms with Gasteiger partial charge in [-0.15, -0.1) is 0 Å². The van der Waals surface area contributed by atoms with E-state index in [4.69, 9.17) is 10.5 Å². The van der Waals surface area contributed by atoms with E-state index in [-0.39, 0.29) is 0 Å². The van der Waals surface area contributed by atoms with Crippen LogP contribution in [-0.4, -0.2) is 50.1 Å². The number of nitrogens with zero attached hydrogens (tertiary/aromatic N) is 2. The molecular weight excluding hydrogens is 238 g/mol. The fourth-order valence-corrected chi connectivity index (χ4v) is 2.35. The topological polar surface area (TPSA) is 41.7 Å². The third-order valence-electron chi connectivity index (χ3n) is 3.27. The molecule has 1 aromatic carbocycles. The number of hydrogen-bond acceptors (Lipinski definition) is 4. The Hall–Kier alpha value is -1.26. The second-order valence-corrected chi connectivity index (χ2v) is 5.29. The Bertz CT molecular complexity index is 393. The van der Waals surface area contributed by atoms with E-state index in [2.05, 4.69) is 43.8 Å². The molecule has 0 radical (unpaired) electrons. The summed E-state index contributed by atoms with van der Waals surface area (Å²) < 4.78 is 5.27. The highest BCUT2D eigenvalue weighted by Crippen LogP contribution is 2.20. The Morgan fingerprint density at radius 3 is 2.47 bits per heavy atom. The second kappa shape index (κ2) is 7.36. The first-order valence-corrected chi connectivity index (χ1v) is 6.78. The lowest BCUT2D eigenvalue weighted by Crippen LogP contribution is -2.39. The molecule has 19 heavy (non-hydrogen) atoms. The molecule has 1 rings (SSSR count). The first-order chi connectivity index (χ1) is 8.96. The van der Waals surface area contributed by atoms with Gasteiger partial charge in [-0.1, -0.05) is 6.92 Å². The SMILES string of the molecule is CCN(Cc1cc(N)cc(OC)c1)C(C)CN(C)C. The molecule has 0 saturated carbocycles. The van der Waals surface area contributed by atoms with Crippen LogP contribution in [0.2, 0.25) is 0 Å². The van der Waals surface area contributed by atoms with E-state index in [1.54, 1.807) is 7.11 Å². The summed E-state index contributed by atoms with van der Waals surface area (Å²) in [5.74, 6) is 0.825. The van der Waals surface area contributed by atoms with Gasteiger partial charge in [-0.05, 0) is 45.3 Å². The predicted molar refractivity (Wildman–Crippen MR) is 81.5 cm³/mol. The largest absolute Gasteiger partial charge is 0.497 e. The van der Waals surface area contributed by atoms with Crippen molar-refractivity contribution in [2.45, 2.75) is 26.4 Å². The summed E-state index contributed by atoms with van der Waals surface area (Å²) in [6.45, 7) is 7.41. The number of methoxy groups -OCH3 is 1. The van der Waals surface area contributed by atoms with Crippen molar-refractivity contribution in [2.24, 2.45) is 0 Å². The Morgan fingerprint density at radius 1 is 1.26 bits per heavy atom. The number of nitrogens with two attached hydrogens (primary N) is 1. The zero-order chi connectivity index (χ0) is 14.4. The van der Waals surface area contributed by atoms with Crippen molar-refractivity contribution in [3.05, 3.63) is 23.8 Å². The van der Waals surface area contributed by atoms with Gasteiger partial charge in [0.2, 0.25) is 0 Å². The molecule has 0 saturated heterocycles. The van der Waals surface area contributed by atoms with Gasteiger partial charge in [0.05, 0.1) is 7.11 Å². The molecule has 0 heterocycles. The average Bonchev–Trinajstić information content (AvgIpc) is 2.34. The molecule has 0 aromatic heterocycles. The highest BCUT2D eigenvalue weighted by Gasteiger charge is 2.13. The number of ether oxygens (including phenoxy) is 1. The van der Waals surface area contributed by atoms with E-state index in [0.29, 0.717) is 6.04 Å². The normalized spacial score (nSPS) is 13.0. The predicted octanol–water partition coefficient (Wildman–Crippen LogP) is 2.05. The van der Waals surface area contributed by atoms with Crippen LogP contribution in [0.4, 0.5) is 5.69 Å². The molecule has 0 spiro atoms. The van der Waals surface area contributed by atoms with Gasteiger partial charge in [0, 0.05) is 30.9 Å². The lowest BCUT2D eigenvalue weighted by Gasteiger charge is -2.30. The molecule has 1 aromatic rings. The molecule has 108 valence electrons. The van der Waals surface area contributed by atoms with E-state index >= 15 is 0 Å². The van der Waals surface area contributed by atoms with Crippen molar-refractivity contribution in [1.29, 1.82) is 0 Å². The van der Waals surface area contributed by atoms with E-state index < -0.39 is 0 Å². The Kier molecular flexibility index (Phi) is 6.12. The highest BCUT2D eigenvalue weighted by molar-refractivity contribution is 5.47. The first kappa shape index (κ1) is 15.8. The van der Waals surface area contributed by atoms with E-state index in [9.17, 15) is 0 Å². The van der Waals surface area contributed by atoms with Crippen LogP contribution in [0, 0.1) is 0 Å². The Morgan fingerprint density at radius 2 is 1.95 bits per heavy atom. The molecule has 4 heteroatoms. The Labute approximate surface area is 117 Å². The molecule has 0 aliphatic heterocycles. The average molecular weight is 265 g/mol. The van der Waals surface area contributed by atoms with E-state index in [1.807, 2.05) is 12.1 Å². The molecule has 0 aliphatic rings. The summed E-state index contributed by atoms with van der Waals surface area (Å²) in [5, 5.41) is 0. The maximum Gasteiger partial charge on any atom is 0.121 e. The van der Waals surface area contributed by atoms with Crippen LogP contribution in [0.1, 0.15) is 19.4 Å². The molecule has 0 bridgehead atoms. The molecule has 2 N–H and O–H groups in total. The minimum Gasteiger partial charge on any atom is -0.497 e. The van der Waals surface area contributed by atoms with Gasteiger partial charge in [0.25, 0.3) is 0 Å². The van der Waals surface area contributed by atoms with Gasteiger partial charge in [-0.25, -0.2) is 0 Å². The van der Waals surface area contributed by atoms with Gasteiger partial charge >= 0.3 is 0 Å². The maximum absolute atomic E-state index is 5.90. The lowest BCUT2D eigenvalue weighted by molar-refractivity contribution is 0.174. The summed E-state index contributed by atoms with van der Waals surface area (Å²) in [6, 6.07) is 6.44. The lowest BCUT2D eigenvalue weighted by atomic mass is 10.1. The van der Waals surface area contributed by atoms with Crippen LogP contribution in [0.5, 0.6) is 5.75 Å². The molecule has 1 atom stereocenters. The molecule has 1 unspecified atom stereocenters. The van der Waals surface area contributed by atoms with Gasteiger partial charge < -0.3 is 15.4 Å². The number of nitrogen functional groups attached to an aromatic ring is 1. The monoisotopic (exact) mass is 265 g/mol. The fraction of sp³-hybridized carbons (Fsp3) is 0.600. The summed E-state index contributed by atoms with van der Waals surface area (Å²) in [6.07, 6.45) is 0. The Balaban J connectivity index is 2.77. The summed E-state index contributed by atoms with van der Waals surface area (Å²) in [5.41, 5.74) is 7.86. The van der Waals surface area contributed by atoms with Gasteiger partial charge in [0.1, 0.15) is 5.75 Å². The van der Waals surface area contributed by atoms with Crippen LogP contribution < -0.4 is 10.5 Å². The van der Waals surface area contributed by atoms with Gasteiger partial charge in [0.15, 0.2) is 0 Å². The summed E-state index contributed by atoms with van der Waals surface area (Å²) in [4.78, 5) is 4.65. The third-order valence-corrected chi connectivity index (χ3v) is 3.27. The molecular formula is C15H27N3O. The molecule has 0 aliphatic carbocycles. The number of hydrogen-bond donors (Lipinski definition) is 1. The van der Waals surface area contributed by atoms with Crippen LogP contribution >= 0.6 is 0 Å². The van der Waals surface area contributed by atoms with Crippen molar-refractivity contribution < 1.29 is 4.74 Å². The summed E-state index contributed by atoms with van der Waals surface area (Å²) in [7, 11) is 5.88. The van der Waals surface area contributed by atoms with Crippen LogP contribution in [0.15, 0.2) is 18.2 Å². The quantitative estimate of drug-likeness (QED) is 0.766. The second-order valence-electron chi connectivity index (χ2n) is 5.29. The van der Waals surface area contributed by atoms with Crippen molar-refractivity contribution in [3.8, 4) is 5.75 Å². The smallest absolute Gasteiger partial charge is 0.121 e. The standard InChI is InChI=1S/C15H27N3O/c1-6-18(12(2)10-17(3)4)11-13-7-14(16)9-15(8-13)19-5/h7-9,12H,6,10-11,16H2,1-5H3. The van der Waals surface area contributed by atoms with Crippen molar-refractivity contribution >= 4 is 5.69 Å². The van der Waals surface area contributed by atoms with Crippen molar-refractivity contribution in [2.75, 3.05) is 40.0 Å². The van der Waals surface area contributed by atoms with E-state index in [1.165, 1.54) is 5.56 Å². The minimum absolute atomic E-state index is 0.507. The van der Waals surface area contributed by atoms with Gasteiger partial charge in [-0.3, -0.25) is 4.90 Å². The van der Waals surface area contributed by atoms with Crippen LogP contribution in [0.25, 0.3) is 0 Å². The first-order valence-electron chi connectivity index (χ1n) is 6.78. The van der Waals surface area contributed by atoms with Crippen molar-refractivity contribution in [1.82, 2.24) is 9.80 Å². The highest BCUT2D eigenvalue weighted by atomic mass is 16.5. The molecule has 0 fully saturated rings. The molecule has 0 amide bonds. The zero-order valence-electron chi connectivity index (χ0n) is 12.8. The van der Waals surface area contributed by atoms with Gasteiger partial charge in [-0.2, -0.15) is 0 Å². The van der Waals surface area contributed by atoms with E-state index in [0.717, 1.165) is 31.1 Å². The van der Waals surface area contributed by atoms with Crippen LogP contribution in [-0.2, 0) is 6.54 Å². The summed E-state index contributed by atoms with van der Waals surface area (Å²) >= 11 is 0. The maximum atomic E-state index is 5.90. The fourth-order valence-electron chi connectivity index (χ4n) is 2.35. The zero-order valence-corrected chi connectivity index (χ0v) is 12.8. The van der Waals surface area contributed by atoms with Crippen LogP contribution in [0.3, 0.4) is 0 Å². The minimum atomic E-state index is 0.507. The van der Waals surface area contributed by atoms with Crippen molar-refractivity contribution in [3.63, 3.8) is 0 Å². The molecule has 4 nitrogen and oxygen atoms in total. The number of benzene rings is 1. The number of anilines is 1. The number of likely N-dealkylation sites (N-methyl/N-ethyl adjacent to an activating group) is 2. The third kappa shape index (κ3) is 5.09.